The standard InChI is InChI=1S/C18H21N3O5/c1-4-26-18(25)16-10(2)19-15(23)9-14(16)17(24)21-13-7-5-12(6-8-13)20-11(3)22/h5-8,14H,4,9H2,1-3H3,(H,19,23)(H,20,22)(H,21,24). The summed E-state index contributed by atoms with van der Waals surface area (Å²) < 4.78 is 5.00. The van der Waals surface area contributed by atoms with Crippen molar-refractivity contribution < 1.29 is 23.9 Å². The summed E-state index contributed by atoms with van der Waals surface area (Å²) in [7, 11) is 0. The Morgan fingerprint density at radius 3 is 2.27 bits per heavy atom. The lowest BCUT2D eigenvalue weighted by molar-refractivity contribution is -0.141. The lowest BCUT2D eigenvalue weighted by atomic mass is 9.89. The molecule has 26 heavy (non-hydrogen) atoms. The predicted molar refractivity (Wildman–Crippen MR) is 95.0 cm³/mol. The largest absolute Gasteiger partial charge is 0.463 e. The van der Waals surface area contributed by atoms with Gasteiger partial charge in [-0.3, -0.25) is 14.4 Å². The lowest BCUT2D eigenvalue weighted by Crippen LogP contribution is -2.40. The number of carbonyl (C=O) groups excluding carboxylic acids is 4. The number of nitrogens with one attached hydrogen (secondary N) is 3. The van der Waals surface area contributed by atoms with E-state index in [0.717, 1.165) is 0 Å². The Kier molecular flexibility index (Phi) is 6.11. The zero-order valence-electron chi connectivity index (χ0n) is 14.8. The van der Waals surface area contributed by atoms with Gasteiger partial charge in [-0.15, -0.1) is 0 Å². The summed E-state index contributed by atoms with van der Waals surface area (Å²) in [6, 6.07) is 6.51. The first-order valence-electron chi connectivity index (χ1n) is 8.18. The van der Waals surface area contributed by atoms with Gasteiger partial charge in [0.2, 0.25) is 17.7 Å². The highest BCUT2D eigenvalue weighted by atomic mass is 16.5. The van der Waals surface area contributed by atoms with E-state index in [9.17, 15) is 19.2 Å². The van der Waals surface area contributed by atoms with Crippen LogP contribution in [0.3, 0.4) is 0 Å². The van der Waals surface area contributed by atoms with Crippen molar-refractivity contribution in [2.45, 2.75) is 27.2 Å². The monoisotopic (exact) mass is 359 g/mol. The topological polar surface area (TPSA) is 114 Å². The molecule has 0 radical (unpaired) electrons. The van der Waals surface area contributed by atoms with Crippen molar-refractivity contribution in [3.8, 4) is 0 Å². The Morgan fingerprint density at radius 1 is 1.15 bits per heavy atom. The van der Waals surface area contributed by atoms with Crippen LogP contribution in [0.1, 0.15) is 27.2 Å². The van der Waals surface area contributed by atoms with E-state index in [1.165, 1.54) is 6.92 Å². The van der Waals surface area contributed by atoms with E-state index in [1.54, 1.807) is 38.1 Å². The number of benzene rings is 1. The molecule has 3 amide bonds. The second kappa shape index (κ2) is 8.28. The molecule has 0 aromatic heterocycles. The van der Waals surface area contributed by atoms with Gasteiger partial charge in [0.15, 0.2) is 0 Å². The van der Waals surface area contributed by atoms with Gasteiger partial charge in [-0.1, -0.05) is 0 Å². The number of hydrogen-bond acceptors (Lipinski definition) is 5. The van der Waals surface area contributed by atoms with Crippen molar-refractivity contribution in [1.82, 2.24) is 5.32 Å². The maximum atomic E-state index is 12.6. The molecule has 0 saturated carbocycles. The summed E-state index contributed by atoms with van der Waals surface area (Å²) in [5.41, 5.74) is 1.55. The number of hydrogen-bond donors (Lipinski definition) is 3. The number of rotatable bonds is 5. The van der Waals surface area contributed by atoms with Crippen LogP contribution in [0.25, 0.3) is 0 Å². The summed E-state index contributed by atoms with van der Waals surface area (Å²) in [4.78, 5) is 47.6. The molecule has 138 valence electrons. The molecule has 1 aromatic rings. The average molecular weight is 359 g/mol. The SMILES string of the molecule is CCOC(=O)C1=C(C)NC(=O)CC1C(=O)Nc1ccc(NC(C)=O)cc1. The number of esters is 1. The highest BCUT2D eigenvalue weighted by Crippen LogP contribution is 2.26. The molecule has 8 heteroatoms. The van der Waals surface area contributed by atoms with Crippen LogP contribution in [0.15, 0.2) is 35.5 Å². The predicted octanol–water partition coefficient (Wildman–Crippen LogP) is 1.56. The van der Waals surface area contributed by atoms with E-state index >= 15 is 0 Å². The Balaban J connectivity index is 2.18. The van der Waals surface area contributed by atoms with Crippen molar-refractivity contribution in [2.75, 3.05) is 17.2 Å². The molecule has 1 aliphatic rings. The van der Waals surface area contributed by atoms with Gasteiger partial charge < -0.3 is 20.7 Å². The summed E-state index contributed by atoms with van der Waals surface area (Å²) in [6.07, 6.45) is -0.138. The molecular formula is C18H21N3O5. The van der Waals surface area contributed by atoms with E-state index in [2.05, 4.69) is 16.0 Å². The summed E-state index contributed by atoms with van der Waals surface area (Å²) in [6.45, 7) is 4.80. The molecular weight excluding hydrogens is 338 g/mol. The molecule has 0 saturated heterocycles. The first kappa shape index (κ1) is 19.2. The maximum absolute atomic E-state index is 12.6. The van der Waals surface area contributed by atoms with Crippen LogP contribution < -0.4 is 16.0 Å². The van der Waals surface area contributed by atoms with Crippen LogP contribution in [0.5, 0.6) is 0 Å². The molecule has 0 aliphatic carbocycles. The number of amides is 3. The fourth-order valence-corrected chi connectivity index (χ4v) is 2.67. The van der Waals surface area contributed by atoms with Gasteiger partial charge in [-0.2, -0.15) is 0 Å². The average Bonchev–Trinajstić information content (AvgIpc) is 2.55. The Hall–Kier alpha value is -3.16. The third-order valence-corrected chi connectivity index (χ3v) is 3.75. The smallest absolute Gasteiger partial charge is 0.336 e. The lowest BCUT2D eigenvalue weighted by Gasteiger charge is -2.25. The highest BCUT2D eigenvalue weighted by molar-refractivity contribution is 6.06. The molecule has 1 aliphatic heterocycles. The quantitative estimate of drug-likeness (QED) is 0.691. The molecule has 0 spiro atoms. The van der Waals surface area contributed by atoms with E-state index in [1.807, 2.05) is 0 Å². The zero-order chi connectivity index (χ0) is 19.3. The third kappa shape index (κ3) is 4.69. The second-order valence-electron chi connectivity index (χ2n) is 5.81. The van der Waals surface area contributed by atoms with Gasteiger partial charge in [0, 0.05) is 30.4 Å². The van der Waals surface area contributed by atoms with Crippen molar-refractivity contribution in [3.63, 3.8) is 0 Å². The molecule has 1 unspecified atom stereocenters. The number of ether oxygens (including phenoxy) is 1. The van der Waals surface area contributed by atoms with E-state index in [0.29, 0.717) is 17.1 Å². The van der Waals surface area contributed by atoms with Crippen molar-refractivity contribution >= 4 is 35.1 Å². The minimum atomic E-state index is -0.933. The first-order valence-corrected chi connectivity index (χ1v) is 8.18. The molecule has 0 fully saturated rings. The minimum absolute atomic E-state index is 0.138. The van der Waals surface area contributed by atoms with Crippen LogP contribution in [-0.4, -0.2) is 30.3 Å². The summed E-state index contributed by atoms with van der Waals surface area (Å²) in [5, 5.41) is 7.87. The molecule has 3 N–H and O–H groups in total. The van der Waals surface area contributed by atoms with Gasteiger partial charge in [0.05, 0.1) is 18.1 Å². The minimum Gasteiger partial charge on any atom is -0.463 e. The Labute approximate surface area is 151 Å². The molecule has 0 bridgehead atoms. The number of carbonyl (C=O) groups is 4. The van der Waals surface area contributed by atoms with Crippen molar-refractivity contribution in [1.29, 1.82) is 0 Å². The van der Waals surface area contributed by atoms with Crippen molar-refractivity contribution in [2.24, 2.45) is 5.92 Å². The third-order valence-electron chi connectivity index (χ3n) is 3.75. The van der Waals surface area contributed by atoms with Gasteiger partial charge in [-0.05, 0) is 38.1 Å². The normalized spacial score (nSPS) is 16.6. The maximum Gasteiger partial charge on any atom is 0.336 e. The van der Waals surface area contributed by atoms with Crippen LogP contribution in [0.2, 0.25) is 0 Å². The second-order valence-corrected chi connectivity index (χ2v) is 5.81. The summed E-state index contributed by atoms with van der Waals surface area (Å²) >= 11 is 0. The molecule has 1 aromatic carbocycles. The van der Waals surface area contributed by atoms with E-state index in [-0.39, 0.29) is 30.4 Å². The number of allylic oxidation sites excluding steroid dienone is 1. The van der Waals surface area contributed by atoms with Crippen LogP contribution in [0, 0.1) is 5.92 Å². The molecule has 8 nitrogen and oxygen atoms in total. The van der Waals surface area contributed by atoms with Gasteiger partial charge in [0.1, 0.15) is 0 Å². The first-order chi connectivity index (χ1) is 12.3. The van der Waals surface area contributed by atoms with Crippen molar-refractivity contribution in [3.05, 3.63) is 35.5 Å². The van der Waals surface area contributed by atoms with E-state index < -0.39 is 17.8 Å². The molecule has 2 rings (SSSR count). The van der Waals surface area contributed by atoms with Gasteiger partial charge in [0.25, 0.3) is 0 Å². The zero-order valence-corrected chi connectivity index (χ0v) is 14.8. The Morgan fingerprint density at radius 2 is 1.73 bits per heavy atom. The van der Waals surface area contributed by atoms with E-state index in [4.69, 9.17) is 4.74 Å². The van der Waals surface area contributed by atoms with Crippen LogP contribution in [0.4, 0.5) is 11.4 Å². The Bertz CT molecular complexity index is 768. The summed E-state index contributed by atoms with van der Waals surface area (Å²) in [5.74, 6) is -2.56. The fraction of sp³-hybridized carbons (Fsp3) is 0.333. The van der Waals surface area contributed by atoms with Crippen LogP contribution >= 0.6 is 0 Å². The highest BCUT2D eigenvalue weighted by Gasteiger charge is 2.36. The van der Waals surface area contributed by atoms with Crippen LogP contribution in [-0.2, 0) is 23.9 Å². The number of anilines is 2. The fourth-order valence-electron chi connectivity index (χ4n) is 2.67. The van der Waals surface area contributed by atoms with Gasteiger partial charge >= 0.3 is 5.97 Å². The van der Waals surface area contributed by atoms with Gasteiger partial charge in [-0.25, -0.2) is 4.79 Å². The molecule has 1 atom stereocenters. The molecule has 1 heterocycles.